The number of alkyl halides is 3. The summed E-state index contributed by atoms with van der Waals surface area (Å²) < 4.78 is 48.1. The van der Waals surface area contributed by atoms with E-state index in [1.807, 2.05) is 13.8 Å². The second kappa shape index (κ2) is 8.30. The molecule has 3 rings (SSSR count). The number of benzene rings is 1. The molecule has 0 saturated carbocycles. The van der Waals surface area contributed by atoms with Gasteiger partial charge in [0.15, 0.2) is 0 Å². The second-order valence-electron chi connectivity index (χ2n) is 6.40. The van der Waals surface area contributed by atoms with Crippen LogP contribution in [0.3, 0.4) is 0 Å². The summed E-state index contributed by atoms with van der Waals surface area (Å²) in [6.45, 7) is 6.29. The lowest BCUT2D eigenvalue weighted by Gasteiger charge is -2.13. The molecule has 1 aromatic carbocycles. The van der Waals surface area contributed by atoms with Crippen LogP contribution in [0.1, 0.15) is 41.1 Å². The van der Waals surface area contributed by atoms with Gasteiger partial charge in [0, 0.05) is 10.9 Å². The molecule has 0 saturated heterocycles. The highest BCUT2D eigenvalue weighted by Crippen LogP contribution is 2.32. The van der Waals surface area contributed by atoms with E-state index < -0.39 is 12.1 Å². The van der Waals surface area contributed by atoms with Crippen LogP contribution < -0.4 is 4.74 Å². The van der Waals surface area contributed by atoms with Crippen LogP contribution in [0.15, 0.2) is 22.0 Å². The van der Waals surface area contributed by atoms with Gasteiger partial charge in [-0.05, 0) is 56.4 Å². The Morgan fingerprint density at radius 3 is 2.43 bits per heavy atom. The van der Waals surface area contributed by atoms with Gasteiger partial charge in [-0.25, -0.2) is 4.98 Å². The Morgan fingerprint density at radius 1 is 1.14 bits per heavy atom. The summed E-state index contributed by atoms with van der Waals surface area (Å²) in [4.78, 5) is 7.96. The Hall–Kier alpha value is -2.42. The fourth-order valence-corrected chi connectivity index (χ4v) is 3.60. The predicted molar refractivity (Wildman–Crippen MR) is 99.5 cm³/mol. The van der Waals surface area contributed by atoms with Gasteiger partial charge in [-0.15, -0.1) is 11.3 Å². The first kappa shape index (κ1) is 20.3. The quantitative estimate of drug-likeness (QED) is 0.487. The molecule has 0 bridgehead atoms. The van der Waals surface area contributed by atoms with Crippen molar-refractivity contribution in [1.29, 1.82) is 0 Å². The molecule has 0 radical (unpaired) electrons. The molecule has 3 aromatic rings. The molecular formula is C19H20F3N3O2S. The van der Waals surface area contributed by atoms with Gasteiger partial charge in [-0.3, -0.25) is 0 Å². The standard InChI is InChI=1S/C19H20F3N3O2S/c1-4-15-23-14(10-28-15)6-5-7-26-16-11(2)8-13(9-12(16)3)17-24-18(27-25-17)19(20,21)22/h8-10H,4-7H2,1-3H3. The topological polar surface area (TPSA) is 61.0 Å². The third-order valence-corrected chi connectivity index (χ3v) is 5.15. The van der Waals surface area contributed by atoms with Crippen LogP contribution in [0, 0.1) is 13.8 Å². The minimum Gasteiger partial charge on any atom is -0.493 e. The van der Waals surface area contributed by atoms with Crippen molar-refractivity contribution in [2.75, 3.05) is 6.61 Å². The number of halogens is 3. The highest BCUT2D eigenvalue weighted by atomic mass is 32.1. The van der Waals surface area contributed by atoms with Crippen molar-refractivity contribution in [2.45, 2.75) is 46.2 Å². The maximum Gasteiger partial charge on any atom is 0.471 e. The van der Waals surface area contributed by atoms with Crippen molar-refractivity contribution < 1.29 is 22.4 Å². The molecule has 0 spiro atoms. The second-order valence-corrected chi connectivity index (χ2v) is 7.34. The van der Waals surface area contributed by atoms with Crippen LogP contribution >= 0.6 is 11.3 Å². The summed E-state index contributed by atoms with van der Waals surface area (Å²) in [5, 5.41) is 6.64. The summed E-state index contributed by atoms with van der Waals surface area (Å²) >= 11 is 1.67. The normalized spacial score (nSPS) is 11.8. The molecule has 0 aliphatic carbocycles. The van der Waals surface area contributed by atoms with Crippen LogP contribution in [0.2, 0.25) is 0 Å². The number of hydrogen-bond donors (Lipinski definition) is 0. The molecule has 9 heteroatoms. The number of aromatic nitrogens is 3. The highest BCUT2D eigenvalue weighted by molar-refractivity contribution is 7.09. The first-order valence-electron chi connectivity index (χ1n) is 8.86. The molecule has 5 nitrogen and oxygen atoms in total. The molecule has 0 N–H and O–H groups in total. The molecule has 0 fully saturated rings. The van der Waals surface area contributed by atoms with Gasteiger partial charge >= 0.3 is 12.1 Å². The number of hydrogen-bond acceptors (Lipinski definition) is 6. The molecule has 0 unspecified atom stereocenters. The third kappa shape index (κ3) is 4.70. The van der Waals surface area contributed by atoms with Crippen molar-refractivity contribution in [3.05, 3.63) is 45.2 Å². The van der Waals surface area contributed by atoms with Crippen LogP contribution in [-0.2, 0) is 19.0 Å². The average Bonchev–Trinajstić information content (AvgIpc) is 3.29. The summed E-state index contributed by atoms with van der Waals surface area (Å²) in [5.74, 6) is -0.734. The molecule has 0 atom stereocenters. The van der Waals surface area contributed by atoms with E-state index in [1.165, 1.54) is 0 Å². The molecule has 2 aromatic heterocycles. The fourth-order valence-electron chi connectivity index (χ4n) is 2.82. The molecular weight excluding hydrogens is 391 g/mol. The molecule has 0 amide bonds. The van der Waals surface area contributed by atoms with Crippen molar-refractivity contribution >= 4 is 11.3 Å². The Labute approximate surface area is 164 Å². The fraction of sp³-hybridized carbons (Fsp3) is 0.421. The van der Waals surface area contributed by atoms with E-state index in [4.69, 9.17) is 4.74 Å². The average molecular weight is 411 g/mol. The van der Waals surface area contributed by atoms with E-state index in [1.54, 1.807) is 23.5 Å². The van der Waals surface area contributed by atoms with Crippen LogP contribution in [0.4, 0.5) is 13.2 Å². The highest BCUT2D eigenvalue weighted by Gasteiger charge is 2.38. The maximum atomic E-state index is 12.6. The number of nitrogens with zero attached hydrogens (tertiary/aromatic N) is 3. The minimum absolute atomic E-state index is 0.0969. The van der Waals surface area contributed by atoms with Gasteiger partial charge in [0.05, 0.1) is 17.3 Å². The van der Waals surface area contributed by atoms with E-state index in [-0.39, 0.29) is 5.82 Å². The Balaban J connectivity index is 1.64. The van der Waals surface area contributed by atoms with Crippen molar-refractivity contribution in [1.82, 2.24) is 15.1 Å². The SMILES string of the molecule is CCc1nc(CCCOc2c(C)cc(-c3noc(C(F)(F)F)n3)cc2C)cs1. The van der Waals surface area contributed by atoms with E-state index in [2.05, 4.69) is 32.0 Å². The van der Waals surface area contributed by atoms with Crippen LogP contribution in [-0.4, -0.2) is 21.7 Å². The third-order valence-electron chi connectivity index (χ3n) is 4.11. The van der Waals surface area contributed by atoms with E-state index >= 15 is 0 Å². The minimum atomic E-state index is -4.66. The van der Waals surface area contributed by atoms with Gasteiger partial charge in [0.2, 0.25) is 5.82 Å². The van der Waals surface area contributed by atoms with E-state index in [0.29, 0.717) is 12.2 Å². The molecule has 150 valence electrons. The first-order valence-corrected chi connectivity index (χ1v) is 9.74. The van der Waals surface area contributed by atoms with Crippen molar-refractivity contribution in [3.8, 4) is 17.1 Å². The van der Waals surface area contributed by atoms with Crippen molar-refractivity contribution in [3.63, 3.8) is 0 Å². The Bertz CT molecular complexity index is 927. The lowest BCUT2D eigenvalue weighted by atomic mass is 10.1. The molecule has 0 aliphatic heterocycles. The number of rotatable bonds is 7. The van der Waals surface area contributed by atoms with Crippen molar-refractivity contribution in [2.24, 2.45) is 0 Å². The lowest BCUT2D eigenvalue weighted by Crippen LogP contribution is -2.05. The van der Waals surface area contributed by atoms with Gasteiger partial charge < -0.3 is 9.26 Å². The molecule has 2 heterocycles. The zero-order valence-corrected chi connectivity index (χ0v) is 16.6. The predicted octanol–water partition coefficient (Wildman–Crippen LogP) is 5.40. The number of ether oxygens (including phenoxy) is 1. The first-order chi connectivity index (χ1) is 13.3. The lowest BCUT2D eigenvalue weighted by molar-refractivity contribution is -0.159. The summed E-state index contributed by atoms with van der Waals surface area (Å²) in [7, 11) is 0. The number of aryl methyl sites for hydroxylation is 4. The van der Waals surface area contributed by atoms with Gasteiger partial charge in [0.1, 0.15) is 5.75 Å². The zero-order valence-electron chi connectivity index (χ0n) is 15.8. The van der Waals surface area contributed by atoms with Gasteiger partial charge in [-0.1, -0.05) is 12.1 Å². The Kier molecular flexibility index (Phi) is 6.02. The molecule has 28 heavy (non-hydrogen) atoms. The summed E-state index contributed by atoms with van der Waals surface area (Å²) in [5.41, 5.74) is 3.13. The van der Waals surface area contributed by atoms with Gasteiger partial charge in [-0.2, -0.15) is 18.2 Å². The van der Waals surface area contributed by atoms with E-state index in [0.717, 1.165) is 46.8 Å². The molecule has 0 aliphatic rings. The van der Waals surface area contributed by atoms with Gasteiger partial charge in [0.25, 0.3) is 0 Å². The van der Waals surface area contributed by atoms with Crippen LogP contribution in [0.5, 0.6) is 5.75 Å². The zero-order chi connectivity index (χ0) is 20.3. The maximum absolute atomic E-state index is 12.6. The monoisotopic (exact) mass is 411 g/mol. The number of thiazole rings is 1. The Morgan fingerprint density at radius 2 is 1.86 bits per heavy atom. The smallest absolute Gasteiger partial charge is 0.471 e. The van der Waals surface area contributed by atoms with E-state index in [9.17, 15) is 13.2 Å². The van der Waals surface area contributed by atoms with Crippen LogP contribution in [0.25, 0.3) is 11.4 Å². The summed E-state index contributed by atoms with van der Waals surface area (Å²) in [6.07, 6.45) is -2.05. The largest absolute Gasteiger partial charge is 0.493 e. The summed E-state index contributed by atoms with van der Waals surface area (Å²) in [6, 6.07) is 3.39.